The summed E-state index contributed by atoms with van der Waals surface area (Å²) in [4.78, 5) is 0. The van der Waals surface area contributed by atoms with Gasteiger partial charge in [0.05, 0.1) is 7.11 Å². The molecular formula is C18H27NO. The van der Waals surface area contributed by atoms with Crippen LogP contribution in [0.1, 0.15) is 44.6 Å². The molecule has 2 heteroatoms. The van der Waals surface area contributed by atoms with Crippen LogP contribution in [0.4, 0.5) is 0 Å². The lowest BCUT2D eigenvalue weighted by molar-refractivity contribution is 0.414. The monoisotopic (exact) mass is 273 g/mol. The number of hydrogen-bond acceptors (Lipinski definition) is 2. The molecule has 0 spiro atoms. The van der Waals surface area contributed by atoms with Crippen LogP contribution in [0.25, 0.3) is 0 Å². The van der Waals surface area contributed by atoms with E-state index in [9.17, 15) is 0 Å². The minimum Gasteiger partial charge on any atom is -0.497 e. The highest BCUT2D eigenvalue weighted by molar-refractivity contribution is 5.29. The van der Waals surface area contributed by atoms with E-state index in [0.717, 1.165) is 18.7 Å². The van der Waals surface area contributed by atoms with Crippen molar-refractivity contribution in [1.82, 2.24) is 5.32 Å². The summed E-state index contributed by atoms with van der Waals surface area (Å²) in [5.41, 5.74) is 2.99. The second-order valence-corrected chi connectivity index (χ2v) is 5.58. The normalized spacial score (nSPS) is 16.6. The number of rotatable bonds is 7. The van der Waals surface area contributed by atoms with Gasteiger partial charge in [-0.15, -0.1) is 0 Å². The third-order valence-electron chi connectivity index (χ3n) is 4.01. The maximum absolute atomic E-state index is 5.23. The first-order chi connectivity index (χ1) is 9.83. The van der Waals surface area contributed by atoms with E-state index in [1.54, 1.807) is 12.7 Å². The molecule has 0 heterocycles. The summed E-state index contributed by atoms with van der Waals surface area (Å²) < 4.78 is 5.23. The number of methoxy groups -OCH3 is 1. The fraction of sp³-hybridized carbons (Fsp3) is 0.556. The molecule has 0 amide bonds. The zero-order valence-electron chi connectivity index (χ0n) is 12.8. The first-order valence-corrected chi connectivity index (χ1v) is 7.88. The fourth-order valence-corrected chi connectivity index (χ4v) is 2.83. The van der Waals surface area contributed by atoms with Gasteiger partial charge in [0.1, 0.15) is 5.75 Å². The lowest BCUT2D eigenvalue weighted by Crippen LogP contribution is -2.34. The molecule has 2 rings (SSSR count). The maximum atomic E-state index is 5.23. The Balaban J connectivity index is 2.03. The maximum Gasteiger partial charge on any atom is 0.118 e. The summed E-state index contributed by atoms with van der Waals surface area (Å²) >= 11 is 0. The molecule has 1 N–H and O–H groups in total. The Labute approximate surface area is 123 Å². The summed E-state index contributed by atoms with van der Waals surface area (Å²) in [6.45, 7) is 3.32. The molecule has 110 valence electrons. The number of ether oxygens (including phenoxy) is 1. The van der Waals surface area contributed by atoms with Crippen molar-refractivity contribution in [2.75, 3.05) is 13.7 Å². The van der Waals surface area contributed by atoms with Crippen LogP contribution in [0.2, 0.25) is 0 Å². The van der Waals surface area contributed by atoms with Gasteiger partial charge in [0, 0.05) is 6.04 Å². The number of benzene rings is 1. The first kappa shape index (κ1) is 15.1. The van der Waals surface area contributed by atoms with Gasteiger partial charge in [0.2, 0.25) is 0 Å². The van der Waals surface area contributed by atoms with Crippen molar-refractivity contribution in [3.05, 3.63) is 41.5 Å². The Kier molecular flexibility index (Phi) is 6.13. The predicted molar refractivity (Wildman–Crippen MR) is 85.3 cm³/mol. The molecule has 1 aromatic carbocycles. The number of hydrogen-bond donors (Lipinski definition) is 1. The Morgan fingerprint density at radius 3 is 2.60 bits per heavy atom. The molecule has 0 aromatic heterocycles. The van der Waals surface area contributed by atoms with Gasteiger partial charge < -0.3 is 10.1 Å². The van der Waals surface area contributed by atoms with E-state index in [4.69, 9.17) is 4.74 Å². The lowest BCUT2D eigenvalue weighted by Gasteiger charge is -2.24. The lowest BCUT2D eigenvalue weighted by atomic mass is 9.90. The van der Waals surface area contributed by atoms with Crippen LogP contribution >= 0.6 is 0 Å². The van der Waals surface area contributed by atoms with E-state index in [0.29, 0.717) is 6.04 Å². The van der Waals surface area contributed by atoms with E-state index in [2.05, 4.69) is 42.6 Å². The molecule has 2 nitrogen and oxygen atoms in total. The molecule has 1 unspecified atom stereocenters. The van der Waals surface area contributed by atoms with Crippen molar-refractivity contribution >= 4 is 0 Å². The standard InChI is InChI=1S/C18H27NO/c1-3-13-19-18(16-7-5-4-6-8-16)14-15-9-11-17(20-2)12-10-15/h7,9-12,18-19H,3-6,8,13-14H2,1-2H3. The number of nitrogens with one attached hydrogen (secondary N) is 1. The van der Waals surface area contributed by atoms with Crippen LogP contribution in [0.3, 0.4) is 0 Å². The van der Waals surface area contributed by atoms with Gasteiger partial charge in [-0.25, -0.2) is 0 Å². The molecule has 0 saturated heterocycles. The van der Waals surface area contributed by atoms with Gasteiger partial charge >= 0.3 is 0 Å². The smallest absolute Gasteiger partial charge is 0.118 e. The molecular weight excluding hydrogens is 246 g/mol. The Morgan fingerprint density at radius 2 is 2.00 bits per heavy atom. The van der Waals surface area contributed by atoms with Crippen molar-refractivity contribution in [3.63, 3.8) is 0 Å². The van der Waals surface area contributed by atoms with E-state index in [-0.39, 0.29) is 0 Å². The molecule has 0 bridgehead atoms. The molecule has 0 radical (unpaired) electrons. The predicted octanol–water partition coefficient (Wildman–Crippen LogP) is 4.11. The van der Waals surface area contributed by atoms with Gasteiger partial charge in [0.15, 0.2) is 0 Å². The fourth-order valence-electron chi connectivity index (χ4n) is 2.83. The Morgan fingerprint density at radius 1 is 1.20 bits per heavy atom. The highest BCUT2D eigenvalue weighted by Gasteiger charge is 2.16. The van der Waals surface area contributed by atoms with Gasteiger partial charge in [-0.3, -0.25) is 0 Å². The van der Waals surface area contributed by atoms with Crippen molar-refractivity contribution in [1.29, 1.82) is 0 Å². The van der Waals surface area contributed by atoms with Gasteiger partial charge in [-0.05, 0) is 62.8 Å². The summed E-state index contributed by atoms with van der Waals surface area (Å²) in [5.74, 6) is 0.934. The SMILES string of the molecule is CCCNC(Cc1ccc(OC)cc1)C1=CCCCC1. The molecule has 0 saturated carbocycles. The molecule has 1 aromatic rings. The van der Waals surface area contributed by atoms with Gasteiger partial charge in [0.25, 0.3) is 0 Å². The first-order valence-electron chi connectivity index (χ1n) is 7.88. The topological polar surface area (TPSA) is 21.3 Å². The molecule has 1 aliphatic carbocycles. The van der Waals surface area contributed by atoms with Crippen LogP contribution in [0.5, 0.6) is 5.75 Å². The molecule has 0 aliphatic heterocycles. The third-order valence-corrected chi connectivity index (χ3v) is 4.01. The van der Waals surface area contributed by atoms with Gasteiger partial charge in [-0.2, -0.15) is 0 Å². The van der Waals surface area contributed by atoms with Crippen LogP contribution in [-0.2, 0) is 6.42 Å². The Bertz CT molecular complexity index is 422. The van der Waals surface area contributed by atoms with Crippen LogP contribution in [0, 0.1) is 0 Å². The average Bonchev–Trinajstić information content (AvgIpc) is 2.53. The van der Waals surface area contributed by atoms with E-state index in [1.807, 2.05) is 0 Å². The summed E-state index contributed by atoms with van der Waals surface area (Å²) in [6, 6.07) is 8.98. The van der Waals surface area contributed by atoms with Crippen molar-refractivity contribution in [2.24, 2.45) is 0 Å². The second-order valence-electron chi connectivity index (χ2n) is 5.58. The second kappa shape index (κ2) is 8.11. The molecule has 20 heavy (non-hydrogen) atoms. The molecule has 1 atom stereocenters. The van der Waals surface area contributed by atoms with E-state index < -0.39 is 0 Å². The van der Waals surface area contributed by atoms with Crippen LogP contribution in [-0.4, -0.2) is 19.7 Å². The van der Waals surface area contributed by atoms with E-state index in [1.165, 1.54) is 37.7 Å². The zero-order valence-corrected chi connectivity index (χ0v) is 12.8. The van der Waals surface area contributed by atoms with Gasteiger partial charge in [-0.1, -0.05) is 30.7 Å². The summed E-state index contributed by atoms with van der Waals surface area (Å²) in [7, 11) is 1.72. The molecule has 0 fully saturated rings. The third kappa shape index (κ3) is 4.38. The van der Waals surface area contributed by atoms with Crippen molar-refractivity contribution in [3.8, 4) is 5.75 Å². The minimum atomic E-state index is 0.503. The zero-order chi connectivity index (χ0) is 14.2. The van der Waals surface area contributed by atoms with Crippen molar-refractivity contribution in [2.45, 2.75) is 51.5 Å². The van der Waals surface area contributed by atoms with Crippen LogP contribution in [0.15, 0.2) is 35.9 Å². The van der Waals surface area contributed by atoms with Crippen molar-refractivity contribution < 1.29 is 4.74 Å². The average molecular weight is 273 g/mol. The van der Waals surface area contributed by atoms with Crippen LogP contribution < -0.4 is 10.1 Å². The highest BCUT2D eigenvalue weighted by atomic mass is 16.5. The summed E-state index contributed by atoms with van der Waals surface area (Å²) in [6.07, 6.45) is 9.94. The minimum absolute atomic E-state index is 0.503. The molecule has 1 aliphatic rings. The highest BCUT2D eigenvalue weighted by Crippen LogP contribution is 2.23. The van der Waals surface area contributed by atoms with E-state index >= 15 is 0 Å². The quantitative estimate of drug-likeness (QED) is 0.755. The largest absolute Gasteiger partial charge is 0.497 e. The summed E-state index contributed by atoms with van der Waals surface area (Å²) in [5, 5.41) is 3.72. The Hall–Kier alpha value is -1.28. The number of allylic oxidation sites excluding steroid dienone is 1.